The zero-order valence-corrected chi connectivity index (χ0v) is 29.1. The number of hydrogen-bond donors (Lipinski definition) is 3. The van der Waals surface area contributed by atoms with E-state index in [1.165, 1.54) is 11.8 Å². The lowest BCUT2D eigenvalue weighted by Gasteiger charge is -2.18. The van der Waals surface area contributed by atoms with Gasteiger partial charge in [0.25, 0.3) is 11.8 Å². The van der Waals surface area contributed by atoms with Crippen LogP contribution in [-0.4, -0.2) is 30.3 Å². The van der Waals surface area contributed by atoms with Gasteiger partial charge in [-0.1, -0.05) is 91.0 Å². The lowest BCUT2D eigenvalue weighted by Crippen LogP contribution is -2.30. The molecule has 0 saturated heterocycles. The summed E-state index contributed by atoms with van der Waals surface area (Å²) in [5.74, 6) is -1.57. The Kier molecular flexibility index (Phi) is 11.5. The van der Waals surface area contributed by atoms with E-state index in [0.29, 0.717) is 22.5 Å². The van der Waals surface area contributed by atoms with Gasteiger partial charge < -0.3 is 20.7 Å². The fourth-order valence-electron chi connectivity index (χ4n) is 5.44. The highest BCUT2D eigenvalue weighted by Crippen LogP contribution is 2.37. The first-order chi connectivity index (χ1) is 25.4. The average Bonchev–Trinajstić information content (AvgIpc) is 3.18. The number of benzene rings is 6. The van der Waals surface area contributed by atoms with Gasteiger partial charge in [0.15, 0.2) is 0 Å². The SMILES string of the molecule is CCOC(=O)c1ccc(NC(=O)C(Sc2ccc(NC(=O)/C(=C/c3cccc4ccccc34)NC(=O)c3ccccc3)cc2)c2ccccc2)cc1. The van der Waals surface area contributed by atoms with Crippen molar-refractivity contribution in [3.8, 4) is 0 Å². The maximum Gasteiger partial charge on any atom is 0.338 e. The van der Waals surface area contributed by atoms with Gasteiger partial charge in [-0.3, -0.25) is 14.4 Å². The quantitative estimate of drug-likeness (QED) is 0.0666. The highest BCUT2D eigenvalue weighted by molar-refractivity contribution is 8.00. The lowest BCUT2D eigenvalue weighted by molar-refractivity contribution is -0.116. The van der Waals surface area contributed by atoms with E-state index < -0.39 is 23.0 Å². The number of fused-ring (bicyclic) bond motifs is 1. The molecule has 8 nitrogen and oxygen atoms in total. The molecule has 0 fully saturated rings. The predicted molar refractivity (Wildman–Crippen MR) is 207 cm³/mol. The summed E-state index contributed by atoms with van der Waals surface area (Å²) in [6.45, 7) is 2.02. The minimum Gasteiger partial charge on any atom is -0.462 e. The fraction of sp³-hybridized carbons (Fsp3) is 0.0698. The molecule has 6 aromatic carbocycles. The molecule has 0 radical (unpaired) electrons. The zero-order valence-electron chi connectivity index (χ0n) is 28.2. The van der Waals surface area contributed by atoms with Crippen LogP contribution in [0.25, 0.3) is 16.8 Å². The molecule has 3 N–H and O–H groups in total. The molecule has 9 heteroatoms. The number of carbonyl (C=O) groups excluding carboxylic acids is 4. The summed E-state index contributed by atoms with van der Waals surface area (Å²) in [6.07, 6.45) is 1.68. The third-order valence-corrected chi connectivity index (χ3v) is 9.29. The number of ether oxygens (including phenoxy) is 1. The second-order valence-electron chi connectivity index (χ2n) is 11.6. The molecule has 0 aliphatic rings. The summed E-state index contributed by atoms with van der Waals surface area (Å²) in [6, 6.07) is 45.5. The molecule has 258 valence electrons. The number of esters is 1. The number of anilines is 2. The maximum atomic E-state index is 13.7. The largest absolute Gasteiger partial charge is 0.462 e. The Morgan fingerprint density at radius 1 is 0.654 bits per heavy atom. The van der Waals surface area contributed by atoms with Crippen molar-refractivity contribution in [1.82, 2.24) is 5.32 Å². The topological polar surface area (TPSA) is 114 Å². The molecular weight excluding hydrogens is 671 g/mol. The minimum atomic E-state index is -0.602. The molecule has 0 aliphatic heterocycles. The Morgan fingerprint density at radius 2 is 1.27 bits per heavy atom. The van der Waals surface area contributed by atoms with Crippen molar-refractivity contribution in [2.24, 2.45) is 0 Å². The van der Waals surface area contributed by atoms with Crippen LogP contribution in [0, 0.1) is 0 Å². The van der Waals surface area contributed by atoms with Gasteiger partial charge >= 0.3 is 5.97 Å². The second-order valence-corrected chi connectivity index (χ2v) is 12.8. The zero-order chi connectivity index (χ0) is 36.3. The van der Waals surface area contributed by atoms with Gasteiger partial charge in [-0.05, 0) is 95.6 Å². The van der Waals surface area contributed by atoms with Gasteiger partial charge in [0.1, 0.15) is 10.9 Å². The van der Waals surface area contributed by atoms with E-state index in [1.54, 1.807) is 73.7 Å². The Labute approximate surface area is 305 Å². The molecule has 1 unspecified atom stereocenters. The van der Waals surface area contributed by atoms with Gasteiger partial charge in [0, 0.05) is 21.8 Å². The van der Waals surface area contributed by atoms with E-state index in [2.05, 4.69) is 16.0 Å². The molecule has 52 heavy (non-hydrogen) atoms. The van der Waals surface area contributed by atoms with Crippen LogP contribution in [0.5, 0.6) is 0 Å². The van der Waals surface area contributed by atoms with E-state index >= 15 is 0 Å². The minimum absolute atomic E-state index is 0.0831. The molecule has 0 aliphatic carbocycles. The standard InChI is InChI=1S/C43H35N3O5S/c1-2-51-43(50)32-20-22-34(23-21-32)45-42(49)39(30-13-5-3-6-14-30)52-36-26-24-35(25-27-36)44-41(48)38(46-40(47)31-15-7-4-8-16-31)28-33-18-11-17-29-12-9-10-19-37(29)33/h3-28,39H,2H2,1H3,(H,44,48)(H,45,49)(H,46,47)/b38-28-. The number of rotatable bonds is 12. The third kappa shape index (κ3) is 9.01. The summed E-state index contributed by atoms with van der Waals surface area (Å²) in [5.41, 5.74) is 3.55. The molecule has 6 aromatic rings. The molecular formula is C43H35N3O5S. The van der Waals surface area contributed by atoms with E-state index in [-0.39, 0.29) is 18.2 Å². The molecule has 0 aromatic heterocycles. The summed E-state index contributed by atoms with van der Waals surface area (Å²) in [4.78, 5) is 53.4. The highest BCUT2D eigenvalue weighted by Gasteiger charge is 2.23. The van der Waals surface area contributed by atoms with Crippen molar-refractivity contribution < 1.29 is 23.9 Å². The van der Waals surface area contributed by atoms with Crippen LogP contribution in [0.3, 0.4) is 0 Å². The molecule has 0 spiro atoms. The Balaban J connectivity index is 1.20. The first-order valence-electron chi connectivity index (χ1n) is 16.6. The Bertz CT molecular complexity index is 2220. The first-order valence-corrected chi connectivity index (χ1v) is 17.5. The van der Waals surface area contributed by atoms with Gasteiger partial charge in [0.05, 0.1) is 12.2 Å². The van der Waals surface area contributed by atoms with E-state index in [9.17, 15) is 19.2 Å². The second kappa shape index (κ2) is 17.0. The van der Waals surface area contributed by atoms with Crippen molar-refractivity contribution in [3.63, 3.8) is 0 Å². The number of nitrogens with one attached hydrogen (secondary N) is 3. The van der Waals surface area contributed by atoms with Crippen LogP contribution in [0.1, 0.15) is 44.0 Å². The smallest absolute Gasteiger partial charge is 0.338 e. The summed E-state index contributed by atoms with van der Waals surface area (Å²) >= 11 is 1.36. The molecule has 0 heterocycles. The van der Waals surface area contributed by atoms with Crippen LogP contribution in [0.4, 0.5) is 11.4 Å². The highest BCUT2D eigenvalue weighted by atomic mass is 32.2. The Hall–Kier alpha value is -6.45. The van der Waals surface area contributed by atoms with E-state index in [4.69, 9.17) is 4.74 Å². The number of carbonyl (C=O) groups is 4. The van der Waals surface area contributed by atoms with Crippen molar-refractivity contribution in [1.29, 1.82) is 0 Å². The Morgan fingerprint density at radius 3 is 1.98 bits per heavy atom. The fourth-order valence-corrected chi connectivity index (χ4v) is 6.46. The van der Waals surface area contributed by atoms with Crippen LogP contribution >= 0.6 is 11.8 Å². The first kappa shape index (κ1) is 35.4. The van der Waals surface area contributed by atoms with Gasteiger partial charge in [-0.25, -0.2) is 4.79 Å². The molecule has 0 saturated carbocycles. The summed E-state index contributed by atoms with van der Waals surface area (Å²) in [7, 11) is 0. The monoisotopic (exact) mass is 705 g/mol. The molecule has 6 rings (SSSR count). The molecule has 1 atom stereocenters. The third-order valence-electron chi connectivity index (χ3n) is 8.02. The van der Waals surface area contributed by atoms with Crippen molar-refractivity contribution in [3.05, 3.63) is 180 Å². The van der Waals surface area contributed by atoms with Crippen molar-refractivity contribution in [2.45, 2.75) is 17.1 Å². The van der Waals surface area contributed by atoms with E-state index in [1.807, 2.05) is 91.0 Å². The average molecular weight is 706 g/mol. The van der Waals surface area contributed by atoms with Crippen molar-refractivity contribution in [2.75, 3.05) is 17.2 Å². The molecule has 3 amide bonds. The predicted octanol–water partition coefficient (Wildman–Crippen LogP) is 8.90. The van der Waals surface area contributed by atoms with Crippen LogP contribution in [0.15, 0.2) is 162 Å². The van der Waals surface area contributed by atoms with Gasteiger partial charge in [-0.2, -0.15) is 0 Å². The van der Waals surface area contributed by atoms with Crippen molar-refractivity contribution >= 4 is 63.7 Å². The summed E-state index contributed by atoms with van der Waals surface area (Å²) < 4.78 is 5.05. The van der Waals surface area contributed by atoms with Crippen LogP contribution < -0.4 is 16.0 Å². The number of amides is 3. The molecule has 0 bridgehead atoms. The number of hydrogen-bond acceptors (Lipinski definition) is 6. The summed E-state index contributed by atoms with van der Waals surface area (Å²) in [5, 5.41) is 10.0. The van der Waals surface area contributed by atoms with E-state index in [0.717, 1.165) is 26.8 Å². The number of thioether (sulfide) groups is 1. The van der Waals surface area contributed by atoms with Gasteiger partial charge in [-0.15, -0.1) is 11.8 Å². The van der Waals surface area contributed by atoms with Crippen LogP contribution in [-0.2, 0) is 14.3 Å². The van der Waals surface area contributed by atoms with Gasteiger partial charge in [0.2, 0.25) is 5.91 Å². The maximum absolute atomic E-state index is 13.7. The normalized spacial score (nSPS) is 11.7. The lowest BCUT2D eigenvalue weighted by atomic mass is 10.0. The van der Waals surface area contributed by atoms with Crippen LogP contribution in [0.2, 0.25) is 0 Å².